The number of anilines is 6. The molecule has 0 heterocycles. The molecular weight excluding hydrogens is 911 g/mol. The van der Waals surface area contributed by atoms with Gasteiger partial charge in [0.05, 0.1) is 11.4 Å². The van der Waals surface area contributed by atoms with Gasteiger partial charge in [-0.15, -0.1) is 0 Å². The van der Waals surface area contributed by atoms with Crippen LogP contribution in [0.15, 0.2) is 231 Å². The molecule has 72 heavy (non-hydrogen) atoms. The van der Waals surface area contributed by atoms with E-state index in [1.807, 2.05) is 82.6 Å². The number of hydrogen-bond donors (Lipinski definition) is 0. The summed E-state index contributed by atoms with van der Waals surface area (Å²) in [5.74, 6) is -2.79. The van der Waals surface area contributed by atoms with Crippen molar-refractivity contribution in [3.05, 3.63) is 265 Å². The first-order chi connectivity index (χ1) is 35.2. The van der Waals surface area contributed by atoms with Gasteiger partial charge in [0.15, 0.2) is 0 Å². The second-order valence-electron chi connectivity index (χ2n) is 17.7. The number of rotatable bonds is 10. The van der Waals surface area contributed by atoms with Crippen LogP contribution < -0.4 is 9.80 Å². The summed E-state index contributed by atoms with van der Waals surface area (Å²) in [6.07, 6.45) is 0. The van der Waals surface area contributed by atoms with Crippen molar-refractivity contribution in [2.45, 2.75) is 0 Å². The van der Waals surface area contributed by atoms with E-state index in [0.29, 0.717) is 78.6 Å². The van der Waals surface area contributed by atoms with Gasteiger partial charge in [-0.25, -0.2) is 26.3 Å². The standard InChI is InChI=1S/C64H38F6N2/c65-45-11-9-13-47(37-45)71(49-33-41(51-15-1-5-19-57(51)67)31-42(34-49)52-16-2-6-20-58(52)68)61-29-25-39-24-28-56-62(30-26-40-23-27-55(61)63(39)64(40)56)72(48-14-10-12-46(66)38-48)50-35-43(53-17-3-7-21-59(53)69)32-44(36-50)54-18-4-8-22-60(54)70/h1-38H. The third-order valence-electron chi connectivity index (χ3n) is 13.3. The summed E-state index contributed by atoms with van der Waals surface area (Å²) in [6, 6.07) is 64.8. The van der Waals surface area contributed by atoms with Crippen LogP contribution in [0.1, 0.15) is 0 Å². The van der Waals surface area contributed by atoms with Gasteiger partial charge in [0.1, 0.15) is 34.9 Å². The Morgan fingerprint density at radius 1 is 0.250 bits per heavy atom. The van der Waals surface area contributed by atoms with E-state index in [0.717, 1.165) is 32.3 Å². The molecule has 8 heteroatoms. The molecule has 0 atom stereocenters. The smallest absolute Gasteiger partial charge is 0.131 e. The number of halogens is 6. The van der Waals surface area contributed by atoms with Gasteiger partial charge in [0.2, 0.25) is 0 Å². The quantitative estimate of drug-likeness (QED) is 0.0996. The molecule has 12 aromatic carbocycles. The molecule has 12 rings (SSSR count). The Balaban J connectivity index is 1.12. The van der Waals surface area contributed by atoms with E-state index in [9.17, 15) is 0 Å². The molecule has 0 spiro atoms. The lowest BCUT2D eigenvalue weighted by Crippen LogP contribution is -2.12. The zero-order valence-corrected chi connectivity index (χ0v) is 38.1. The highest BCUT2D eigenvalue weighted by Crippen LogP contribution is 2.49. The van der Waals surface area contributed by atoms with Gasteiger partial charge in [-0.2, -0.15) is 0 Å². The first kappa shape index (κ1) is 44.1. The monoisotopic (exact) mass is 948 g/mol. The molecule has 0 bridgehead atoms. The second kappa shape index (κ2) is 18.0. The highest BCUT2D eigenvalue weighted by atomic mass is 19.1. The Morgan fingerprint density at radius 3 is 0.889 bits per heavy atom. The zero-order valence-electron chi connectivity index (χ0n) is 38.1. The molecule has 12 aromatic rings. The lowest BCUT2D eigenvalue weighted by Gasteiger charge is -2.30. The normalized spacial score (nSPS) is 11.5. The Labute approximate surface area is 410 Å². The fraction of sp³-hybridized carbons (Fsp3) is 0. The van der Waals surface area contributed by atoms with E-state index in [1.165, 1.54) is 48.5 Å². The molecule has 0 N–H and O–H groups in total. The maximum atomic E-state index is 15.7. The maximum absolute atomic E-state index is 15.7. The van der Waals surface area contributed by atoms with Crippen LogP contribution in [-0.2, 0) is 0 Å². The van der Waals surface area contributed by atoms with Crippen LogP contribution in [0.4, 0.5) is 60.5 Å². The molecule has 2 nitrogen and oxygen atoms in total. The van der Waals surface area contributed by atoms with E-state index in [2.05, 4.69) is 0 Å². The van der Waals surface area contributed by atoms with Gasteiger partial charge < -0.3 is 9.80 Å². The molecule has 0 amide bonds. The van der Waals surface area contributed by atoms with Gasteiger partial charge >= 0.3 is 0 Å². The summed E-state index contributed by atoms with van der Waals surface area (Å²) in [7, 11) is 0. The topological polar surface area (TPSA) is 6.48 Å². The third kappa shape index (κ3) is 7.83. The fourth-order valence-electron chi connectivity index (χ4n) is 10.1. The van der Waals surface area contributed by atoms with E-state index in [-0.39, 0.29) is 0 Å². The minimum atomic E-state index is -0.478. The Hall–Kier alpha value is -9.14. The van der Waals surface area contributed by atoms with Crippen molar-refractivity contribution in [1.82, 2.24) is 0 Å². The summed E-state index contributed by atoms with van der Waals surface area (Å²) < 4.78 is 93.9. The van der Waals surface area contributed by atoms with Crippen molar-refractivity contribution in [2.24, 2.45) is 0 Å². The van der Waals surface area contributed by atoms with E-state index in [1.54, 1.807) is 109 Å². The first-order valence-electron chi connectivity index (χ1n) is 23.3. The Kier molecular flexibility index (Phi) is 11.0. The molecule has 0 fully saturated rings. The third-order valence-corrected chi connectivity index (χ3v) is 13.3. The minimum Gasteiger partial charge on any atom is -0.310 e. The summed E-state index contributed by atoms with van der Waals surface area (Å²) in [6.45, 7) is 0. The summed E-state index contributed by atoms with van der Waals surface area (Å²) in [5.41, 5.74) is 6.48. The maximum Gasteiger partial charge on any atom is 0.131 e. The Morgan fingerprint density at radius 2 is 0.569 bits per heavy atom. The first-order valence-corrected chi connectivity index (χ1v) is 23.3. The van der Waals surface area contributed by atoms with Crippen LogP contribution in [0.2, 0.25) is 0 Å². The summed E-state index contributed by atoms with van der Waals surface area (Å²) in [4.78, 5) is 3.81. The summed E-state index contributed by atoms with van der Waals surface area (Å²) in [5, 5.41) is 5.12. The van der Waals surface area contributed by atoms with Gasteiger partial charge in [-0.1, -0.05) is 121 Å². The van der Waals surface area contributed by atoms with Gasteiger partial charge in [-0.3, -0.25) is 0 Å². The molecule has 0 saturated carbocycles. The molecule has 0 aliphatic heterocycles. The predicted molar refractivity (Wildman–Crippen MR) is 281 cm³/mol. The van der Waals surface area contributed by atoms with Crippen LogP contribution in [0.25, 0.3) is 76.8 Å². The lowest BCUT2D eigenvalue weighted by molar-refractivity contribution is 0.627. The van der Waals surface area contributed by atoms with Crippen LogP contribution >= 0.6 is 0 Å². The SMILES string of the molecule is Fc1cccc(N(c2cc(-c3ccccc3F)cc(-c3ccccc3F)c2)c2ccc3ccc4c(N(c5cccc(F)c5)c5cc(-c6ccccc6F)cc(-c6ccccc6F)c5)ccc5ccc2c3c54)c1. The van der Waals surface area contributed by atoms with Crippen LogP contribution in [0, 0.1) is 34.9 Å². The van der Waals surface area contributed by atoms with Crippen LogP contribution in [0.5, 0.6) is 0 Å². The number of hydrogen-bond acceptors (Lipinski definition) is 2. The number of benzene rings is 12. The van der Waals surface area contributed by atoms with E-state index >= 15 is 26.3 Å². The molecule has 0 unspecified atom stereocenters. The molecule has 0 aliphatic rings. The van der Waals surface area contributed by atoms with Crippen molar-refractivity contribution >= 4 is 66.4 Å². The van der Waals surface area contributed by atoms with Crippen molar-refractivity contribution in [1.29, 1.82) is 0 Å². The molecule has 0 radical (unpaired) electrons. The van der Waals surface area contributed by atoms with Gasteiger partial charge in [0.25, 0.3) is 0 Å². The largest absolute Gasteiger partial charge is 0.310 e. The molecule has 0 aliphatic carbocycles. The van der Waals surface area contributed by atoms with Crippen molar-refractivity contribution in [3.63, 3.8) is 0 Å². The molecular formula is C64H38F6N2. The van der Waals surface area contributed by atoms with Crippen molar-refractivity contribution in [2.75, 3.05) is 9.80 Å². The summed E-state index contributed by atoms with van der Waals surface area (Å²) >= 11 is 0. The second-order valence-corrected chi connectivity index (χ2v) is 17.7. The van der Waals surface area contributed by atoms with E-state index in [4.69, 9.17) is 0 Å². The molecule has 346 valence electrons. The average molecular weight is 949 g/mol. The average Bonchev–Trinajstić information content (AvgIpc) is 3.39. The lowest BCUT2D eigenvalue weighted by atomic mass is 9.91. The molecule has 0 aromatic heterocycles. The van der Waals surface area contributed by atoms with Gasteiger partial charge in [-0.05, 0) is 153 Å². The highest BCUT2D eigenvalue weighted by Gasteiger charge is 2.25. The molecule has 0 saturated heterocycles. The minimum absolute atomic E-state index is 0.308. The zero-order chi connectivity index (χ0) is 49.0. The highest BCUT2D eigenvalue weighted by molar-refractivity contribution is 6.28. The van der Waals surface area contributed by atoms with Crippen LogP contribution in [-0.4, -0.2) is 0 Å². The van der Waals surface area contributed by atoms with Crippen LogP contribution in [0.3, 0.4) is 0 Å². The van der Waals surface area contributed by atoms with Gasteiger partial charge in [0, 0.05) is 55.8 Å². The Bertz CT molecular complexity index is 3670. The van der Waals surface area contributed by atoms with Crippen molar-refractivity contribution in [3.8, 4) is 44.5 Å². The fourth-order valence-corrected chi connectivity index (χ4v) is 10.1. The van der Waals surface area contributed by atoms with E-state index < -0.39 is 34.9 Å². The predicted octanol–water partition coefficient (Wildman–Crippen LogP) is 19.0. The van der Waals surface area contributed by atoms with Crippen molar-refractivity contribution < 1.29 is 26.3 Å². The number of nitrogens with zero attached hydrogens (tertiary/aromatic N) is 2.